The fraction of sp³-hybridized carbons (Fsp3) is 1.00. The molecular weight excluding hydrogens is 187 g/mol. The molecule has 0 aromatic heterocycles. The van der Waals surface area contributed by atoms with Crippen LogP contribution in [0.3, 0.4) is 0 Å². The number of hydrogen-bond acceptors (Lipinski definition) is 6. The van der Waals surface area contributed by atoms with Crippen LogP contribution in [0.4, 0.5) is 0 Å². The fourth-order valence-electron chi connectivity index (χ4n) is 0.215. The molecule has 1 unspecified atom stereocenters. The molecule has 0 aliphatic rings. The van der Waals surface area contributed by atoms with Crippen molar-refractivity contribution >= 4 is 10.4 Å². The summed E-state index contributed by atoms with van der Waals surface area (Å²) in [7, 11) is -4.75. The van der Waals surface area contributed by atoms with Crippen LogP contribution in [-0.4, -0.2) is 42.5 Å². The zero-order chi connectivity index (χ0) is 8.20. The molecule has 1 atom stereocenters. The maximum atomic E-state index is 9.68. The topological polar surface area (TPSA) is 107 Å². The number of hydrogen-bond donors (Lipinski definition) is 2. The molecule has 0 spiro atoms. The van der Waals surface area contributed by atoms with Gasteiger partial charge in [0.15, 0.2) is 0 Å². The minimum atomic E-state index is -4.75. The Morgan fingerprint density at radius 2 is 2.00 bits per heavy atom. The van der Waals surface area contributed by atoms with Crippen molar-refractivity contribution in [3.8, 4) is 0 Å². The summed E-state index contributed by atoms with van der Waals surface area (Å²) in [6, 6.07) is 0. The molecule has 62 valence electrons. The van der Waals surface area contributed by atoms with E-state index in [1.54, 1.807) is 0 Å². The van der Waals surface area contributed by atoms with E-state index in [0.717, 1.165) is 0 Å². The Labute approximate surface area is 86.4 Å². The molecule has 0 aromatic rings. The summed E-state index contributed by atoms with van der Waals surface area (Å²) < 4.78 is 32.6. The molecule has 0 aromatic carbocycles. The Morgan fingerprint density at radius 1 is 1.55 bits per heavy atom. The van der Waals surface area contributed by atoms with Crippen molar-refractivity contribution in [2.75, 3.05) is 13.2 Å². The number of rotatable bonds is 4. The first kappa shape index (κ1) is 14.3. The summed E-state index contributed by atoms with van der Waals surface area (Å²) in [5.41, 5.74) is 0. The van der Waals surface area contributed by atoms with E-state index in [0.29, 0.717) is 0 Å². The van der Waals surface area contributed by atoms with E-state index < -0.39 is 29.7 Å². The molecule has 0 radical (unpaired) electrons. The van der Waals surface area contributed by atoms with Crippen molar-refractivity contribution in [2.24, 2.45) is 0 Å². The van der Waals surface area contributed by atoms with Crippen molar-refractivity contribution in [1.82, 2.24) is 0 Å². The second-order valence-electron chi connectivity index (χ2n) is 1.53. The van der Waals surface area contributed by atoms with Crippen LogP contribution >= 0.6 is 0 Å². The van der Waals surface area contributed by atoms with E-state index in [9.17, 15) is 13.0 Å². The van der Waals surface area contributed by atoms with Gasteiger partial charge in [-0.2, -0.15) is 0 Å². The van der Waals surface area contributed by atoms with Gasteiger partial charge >= 0.3 is 29.6 Å². The molecule has 11 heavy (non-hydrogen) atoms. The van der Waals surface area contributed by atoms with E-state index in [1.807, 2.05) is 0 Å². The first-order valence-corrected chi connectivity index (χ1v) is 3.68. The summed E-state index contributed by atoms with van der Waals surface area (Å²) in [4.78, 5) is 0. The Bertz CT molecular complexity index is 176. The van der Waals surface area contributed by atoms with Crippen LogP contribution in [0.5, 0.6) is 0 Å². The van der Waals surface area contributed by atoms with Crippen molar-refractivity contribution < 1.29 is 56.9 Å². The van der Waals surface area contributed by atoms with Crippen LogP contribution in [0.25, 0.3) is 0 Å². The smallest absolute Gasteiger partial charge is 0.726 e. The Kier molecular flexibility index (Phi) is 8.23. The van der Waals surface area contributed by atoms with Gasteiger partial charge in [0.1, 0.15) is 6.10 Å². The standard InChI is InChI=1S/C3H8O6S.Na/c4-1-3(5)2-9-10(6,7)8;/h3-5H,1-2H2,(H,6,7,8);/q;+1/p-1. The minimum absolute atomic E-state index is 0. The predicted molar refractivity (Wildman–Crippen MR) is 28.7 cm³/mol. The van der Waals surface area contributed by atoms with Crippen LogP contribution in [-0.2, 0) is 14.6 Å². The first-order chi connectivity index (χ1) is 4.45. The van der Waals surface area contributed by atoms with E-state index in [1.165, 1.54) is 0 Å². The van der Waals surface area contributed by atoms with Gasteiger partial charge in [0.2, 0.25) is 10.4 Å². The van der Waals surface area contributed by atoms with Gasteiger partial charge in [-0.3, -0.25) is 4.18 Å². The summed E-state index contributed by atoms with van der Waals surface area (Å²) in [6.07, 6.45) is -1.33. The van der Waals surface area contributed by atoms with Gasteiger partial charge in [-0.05, 0) is 0 Å². The van der Waals surface area contributed by atoms with Gasteiger partial charge in [0.05, 0.1) is 13.2 Å². The third kappa shape index (κ3) is 10.8. The van der Waals surface area contributed by atoms with Gasteiger partial charge in [0, 0.05) is 0 Å². The molecular formula is C3H7NaO6S. The molecule has 6 nitrogen and oxygen atoms in total. The maximum Gasteiger partial charge on any atom is 1.00 e. The van der Waals surface area contributed by atoms with E-state index >= 15 is 0 Å². The fourth-order valence-corrected chi connectivity index (χ4v) is 0.538. The first-order valence-electron chi connectivity index (χ1n) is 2.35. The van der Waals surface area contributed by atoms with Crippen LogP contribution in [0.2, 0.25) is 0 Å². The molecule has 0 aliphatic heterocycles. The van der Waals surface area contributed by atoms with Crippen LogP contribution in [0.1, 0.15) is 0 Å². The quantitative estimate of drug-likeness (QED) is 0.263. The van der Waals surface area contributed by atoms with Gasteiger partial charge in [-0.25, -0.2) is 8.42 Å². The summed E-state index contributed by atoms with van der Waals surface area (Å²) in [6.45, 7) is -1.35. The molecule has 0 bridgehead atoms. The zero-order valence-electron chi connectivity index (χ0n) is 5.93. The second-order valence-corrected chi connectivity index (χ2v) is 2.58. The van der Waals surface area contributed by atoms with Crippen LogP contribution < -0.4 is 29.6 Å². The molecule has 0 saturated carbocycles. The van der Waals surface area contributed by atoms with Crippen molar-refractivity contribution in [3.05, 3.63) is 0 Å². The van der Waals surface area contributed by atoms with Crippen molar-refractivity contribution in [1.29, 1.82) is 0 Å². The van der Waals surface area contributed by atoms with Crippen LogP contribution in [0.15, 0.2) is 0 Å². The predicted octanol–water partition coefficient (Wildman–Crippen LogP) is -5.18. The van der Waals surface area contributed by atoms with E-state index in [2.05, 4.69) is 4.18 Å². The SMILES string of the molecule is O=S(=O)([O-])OCC(O)CO.[Na+]. The van der Waals surface area contributed by atoms with Gasteiger partial charge in [-0.15, -0.1) is 0 Å². The molecule has 0 aliphatic carbocycles. The molecule has 8 heteroatoms. The average molecular weight is 194 g/mol. The Hall–Kier alpha value is 0.790. The van der Waals surface area contributed by atoms with Crippen molar-refractivity contribution in [2.45, 2.75) is 6.10 Å². The van der Waals surface area contributed by atoms with Crippen LogP contribution in [0, 0.1) is 0 Å². The van der Waals surface area contributed by atoms with Gasteiger partial charge in [0.25, 0.3) is 0 Å². The largest absolute Gasteiger partial charge is 1.00 e. The maximum absolute atomic E-state index is 9.68. The molecule has 0 heterocycles. The summed E-state index contributed by atoms with van der Waals surface area (Å²) in [5, 5.41) is 16.5. The van der Waals surface area contributed by atoms with Gasteiger partial charge < -0.3 is 14.8 Å². The molecule has 0 amide bonds. The van der Waals surface area contributed by atoms with E-state index in [-0.39, 0.29) is 29.6 Å². The Balaban J connectivity index is 0. The molecule has 0 saturated heterocycles. The normalized spacial score (nSPS) is 13.7. The third-order valence-corrected chi connectivity index (χ3v) is 1.04. The van der Waals surface area contributed by atoms with E-state index in [4.69, 9.17) is 10.2 Å². The Morgan fingerprint density at radius 3 is 2.27 bits per heavy atom. The number of aliphatic hydroxyl groups is 2. The summed E-state index contributed by atoms with van der Waals surface area (Å²) in [5.74, 6) is 0. The molecule has 0 rings (SSSR count). The van der Waals surface area contributed by atoms with Crippen molar-refractivity contribution in [3.63, 3.8) is 0 Å². The zero-order valence-corrected chi connectivity index (χ0v) is 8.74. The number of aliphatic hydroxyl groups excluding tert-OH is 2. The minimum Gasteiger partial charge on any atom is -0.726 e. The van der Waals surface area contributed by atoms with Gasteiger partial charge in [-0.1, -0.05) is 0 Å². The second kappa shape index (κ2) is 6.32. The average Bonchev–Trinajstić information content (AvgIpc) is 1.81. The monoisotopic (exact) mass is 194 g/mol. The third-order valence-electron chi connectivity index (χ3n) is 0.616. The molecule has 2 N–H and O–H groups in total. The molecule has 0 fully saturated rings. The summed E-state index contributed by atoms with van der Waals surface area (Å²) >= 11 is 0.